The average Bonchev–Trinajstić information content (AvgIpc) is 2.55. The van der Waals surface area contributed by atoms with E-state index in [4.69, 9.17) is 39.9 Å². The number of carbonyl (C=O) groups is 1. The summed E-state index contributed by atoms with van der Waals surface area (Å²) in [6.07, 6.45) is 0. The van der Waals surface area contributed by atoms with Crippen LogP contribution in [0.2, 0.25) is 15.1 Å². The standard InChI is InChI=1S/C14H9Cl3N2O6S/c15-8-1-3-11(17)13(5-8)26(24,25)18(7-14(20)21)12-6-9(19(22)23)2-4-10(12)16/h1-6H,7H2,(H,20,21). The molecule has 0 heterocycles. The van der Waals surface area contributed by atoms with Gasteiger partial charge < -0.3 is 5.11 Å². The molecule has 0 bridgehead atoms. The third-order valence-electron chi connectivity index (χ3n) is 3.15. The highest BCUT2D eigenvalue weighted by Gasteiger charge is 2.31. The molecule has 0 radical (unpaired) electrons. The van der Waals surface area contributed by atoms with Gasteiger partial charge in [0.05, 0.1) is 20.7 Å². The Morgan fingerprint density at radius 2 is 1.73 bits per heavy atom. The van der Waals surface area contributed by atoms with Crippen LogP contribution in [0.5, 0.6) is 0 Å². The third-order valence-corrected chi connectivity index (χ3v) is 5.95. The Labute approximate surface area is 162 Å². The summed E-state index contributed by atoms with van der Waals surface area (Å²) in [4.78, 5) is 20.9. The molecule has 26 heavy (non-hydrogen) atoms. The van der Waals surface area contributed by atoms with E-state index in [2.05, 4.69) is 0 Å². The van der Waals surface area contributed by atoms with Gasteiger partial charge in [0.15, 0.2) is 0 Å². The number of hydrogen-bond donors (Lipinski definition) is 1. The second-order valence-corrected chi connectivity index (χ2v) is 7.95. The molecule has 2 aromatic carbocycles. The van der Waals surface area contributed by atoms with Crippen molar-refractivity contribution in [2.45, 2.75) is 4.90 Å². The van der Waals surface area contributed by atoms with Gasteiger partial charge in [-0.3, -0.25) is 19.2 Å². The van der Waals surface area contributed by atoms with Gasteiger partial charge in [0.1, 0.15) is 11.4 Å². The number of sulfonamides is 1. The van der Waals surface area contributed by atoms with E-state index in [1.165, 1.54) is 12.1 Å². The quantitative estimate of drug-likeness (QED) is 0.540. The first kappa shape index (κ1) is 20.2. The van der Waals surface area contributed by atoms with E-state index in [9.17, 15) is 23.3 Å². The summed E-state index contributed by atoms with van der Waals surface area (Å²) >= 11 is 17.7. The summed E-state index contributed by atoms with van der Waals surface area (Å²) in [6.45, 7) is -1.04. The maximum Gasteiger partial charge on any atom is 0.324 e. The topological polar surface area (TPSA) is 118 Å². The largest absolute Gasteiger partial charge is 0.480 e. The van der Waals surface area contributed by atoms with Crippen LogP contribution in [0.3, 0.4) is 0 Å². The Morgan fingerprint density at radius 1 is 1.12 bits per heavy atom. The van der Waals surface area contributed by atoms with E-state index in [0.29, 0.717) is 4.31 Å². The number of hydrogen-bond acceptors (Lipinski definition) is 5. The van der Waals surface area contributed by atoms with E-state index >= 15 is 0 Å². The van der Waals surface area contributed by atoms with Crippen molar-refractivity contribution >= 4 is 62.2 Å². The second kappa shape index (κ2) is 7.67. The number of nitro benzene ring substituents is 1. The first-order valence-electron chi connectivity index (χ1n) is 6.67. The molecule has 2 rings (SSSR count). The van der Waals surface area contributed by atoms with Crippen molar-refractivity contribution in [2.75, 3.05) is 10.8 Å². The lowest BCUT2D eigenvalue weighted by atomic mass is 10.3. The predicted octanol–water partition coefficient (Wildman–Crippen LogP) is 3.83. The smallest absolute Gasteiger partial charge is 0.324 e. The van der Waals surface area contributed by atoms with Gasteiger partial charge in [-0.15, -0.1) is 0 Å². The molecule has 8 nitrogen and oxygen atoms in total. The van der Waals surface area contributed by atoms with Gasteiger partial charge in [-0.25, -0.2) is 8.42 Å². The minimum absolute atomic E-state index is 0.0494. The van der Waals surface area contributed by atoms with E-state index in [-0.39, 0.29) is 20.8 Å². The van der Waals surface area contributed by atoms with Gasteiger partial charge in [-0.1, -0.05) is 34.8 Å². The van der Waals surface area contributed by atoms with Crippen LogP contribution in [0.1, 0.15) is 0 Å². The molecular weight excluding hydrogens is 431 g/mol. The Morgan fingerprint density at radius 3 is 2.31 bits per heavy atom. The fourth-order valence-electron chi connectivity index (χ4n) is 2.02. The summed E-state index contributed by atoms with van der Waals surface area (Å²) in [5.41, 5.74) is -0.841. The molecule has 0 spiro atoms. The maximum atomic E-state index is 13.0. The number of aliphatic carboxylic acids is 1. The lowest BCUT2D eigenvalue weighted by Gasteiger charge is -2.24. The first-order valence-corrected chi connectivity index (χ1v) is 9.25. The molecule has 1 N–H and O–H groups in total. The maximum absolute atomic E-state index is 13.0. The number of halogens is 3. The molecule has 0 saturated carbocycles. The fourth-order valence-corrected chi connectivity index (χ4v) is 4.46. The number of anilines is 1. The van der Waals surface area contributed by atoms with E-state index < -0.39 is 38.0 Å². The Bertz CT molecular complexity index is 996. The number of nitrogens with zero attached hydrogens (tertiary/aromatic N) is 2. The van der Waals surface area contributed by atoms with Crippen molar-refractivity contribution in [3.63, 3.8) is 0 Å². The predicted molar refractivity (Wildman–Crippen MR) is 96.7 cm³/mol. The van der Waals surface area contributed by atoms with Crippen LogP contribution >= 0.6 is 34.8 Å². The highest BCUT2D eigenvalue weighted by atomic mass is 35.5. The molecular formula is C14H9Cl3N2O6S. The molecule has 0 aliphatic heterocycles. The van der Waals surface area contributed by atoms with Crippen molar-refractivity contribution in [3.8, 4) is 0 Å². The fraction of sp³-hybridized carbons (Fsp3) is 0.0714. The van der Waals surface area contributed by atoms with Gasteiger partial charge >= 0.3 is 5.97 Å². The van der Waals surface area contributed by atoms with Crippen molar-refractivity contribution in [3.05, 3.63) is 61.6 Å². The Hall–Kier alpha value is -2.07. The SMILES string of the molecule is O=C(O)CN(c1cc([N+](=O)[O-])ccc1Cl)S(=O)(=O)c1cc(Cl)ccc1Cl. The van der Waals surface area contributed by atoms with Crippen LogP contribution in [0.4, 0.5) is 11.4 Å². The van der Waals surface area contributed by atoms with Crippen LogP contribution in [0, 0.1) is 10.1 Å². The summed E-state index contributed by atoms with van der Waals surface area (Å²) in [6, 6.07) is 6.64. The van der Waals surface area contributed by atoms with E-state index in [0.717, 1.165) is 24.3 Å². The van der Waals surface area contributed by atoms with Gasteiger partial charge in [-0.2, -0.15) is 0 Å². The highest BCUT2D eigenvalue weighted by molar-refractivity contribution is 7.93. The van der Waals surface area contributed by atoms with Crippen LogP contribution in [0.15, 0.2) is 41.3 Å². The third kappa shape index (κ3) is 4.18. The second-order valence-electron chi connectivity index (χ2n) is 4.87. The summed E-state index contributed by atoms with van der Waals surface area (Å²) in [7, 11) is -4.54. The molecule has 0 saturated heterocycles. The van der Waals surface area contributed by atoms with Gasteiger partial charge in [0, 0.05) is 17.2 Å². The van der Waals surface area contributed by atoms with Gasteiger partial charge in [0.2, 0.25) is 0 Å². The lowest BCUT2D eigenvalue weighted by Crippen LogP contribution is -2.36. The highest BCUT2D eigenvalue weighted by Crippen LogP contribution is 2.36. The minimum atomic E-state index is -4.54. The van der Waals surface area contributed by atoms with Crippen LogP contribution in [-0.4, -0.2) is 31.0 Å². The van der Waals surface area contributed by atoms with E-state index in [1.807, 2.05) is 0 Å². The summed E-state index contributed by atoms with van der Waals surface area (Å²) < 4.78 is 26.4. The zero-order valence-corrected chi connectivity index (χ0v) is 15.7. The Balaban J connectivity index is 2.72. The molecule has 138 valence electrons. The Kier molecular flexibility index (Phi) is 5.97. The average molecular weight is 440 g/mol. The normalized spacial score (nSPS) is 11.2. The molecule has 0 aliphatic rings. The number of rotatable bonds is 6. The molecule has 2 aromatic rings. The molecule has 0 unspecified atom stereocenters. The number of carboxylic acids is 1. The molecule has 0 atom stereocenters. The number of non-ortho nitro benzene ring substituents is 1. The van der Waals surface area contributed by atoms with Crippen molar-refractivity contribution in [1.29, 1.82) is 0 Å². The van der Waals surface area contributed by atoms with Gasteiger partial charge in [-0.05, 0) is 24.3 Å². The van der Waals surface area contributed by atoms with Gasteiger partial charge in [0.25, 0.3) is 15.7 Å². The van der Waals surface area contributed by atoms with Crippen LogP contribution < -0.4 is 4.31 Å². The summed E-state index contributed by atoms with van der Waals surface area (Å²) in [5.74, 6) is -1.51. The van der Waals surface area contributed by atoms with E-state index in [1.54, 1.807) is 0 Å². The summed E-state index contributed by atoms with van der Waals surface area (Å²) in [5, 5.41) is 19.7. The number of benzene rings is 2. The zero-order chi connectivity index (χ0) is 19.6. The molecule has 12 heteroatoms. The lowest BCUT2D eigenvalue weighted by molar-refractivity contribution is -0.384. The van der Waals surface area contributed by atoms with Crippen LogP contribution in [0.25, 0.3) is 0 Å². The van der Waals surface area contributed by atoms with Crippen LogP contribution in [-0.2, 0) is 14.8 Å². The van der Waals surface area contributed by atoms with Crippen molar-refractivity contribution < 1.29 is 23.2 Å². The molecule has 0 amide bonds. The van der Waals surface area contributed by atoms with Crippen molar-refractivity contribution in [1.82, 2.24) is 0 Å². The minimum Gasteiger partial charge on any atom is -0.480 e. The monoisotopic (exact) mass is 438 g/mol. The molecule has 0 aromatic heterocycles. The molecule has 0 fully saturated rings. The first-order chi connectivity index (χ1) is 12.0. The van der Waals surface area contributed by atoms with Crippen molar-refractivity contribution in [2.24, 2.45) is 0 Å². The molecule has 0 aliphatic carbocycles. The number of carboxylic acid groups (broad SMARTS) is 1. The zero-order valence-electron chi connectivity index (χ0n) is 12.6. The number of nitro groups is 1.